The van der Waals surface area contributed by atoms with E-state index >= 15 is 0 Å². The maximum Gasteiger partial charge on any atom is 0.0726 e. The molecule has 0 saturated carbocycles. The van der Waals surface area contributed by atoms with Crippen molar-refractivity contribution in [3.05, 3.63) is 198 Å². The van der Waals surface area contributed by atoms with Crippen molar-refractivity contribution in [3.63, 3.8) is 0 Å². The predicted octanol–water partition coefficient (Wildman–Crippen LogP) is 13.2. The van der Waals surface area contributed by atoms with E-state index in [0.29, 0.717) is 0 Å². The van der Waals surface area contributed by atoms with Crippen molar-refractivity contribution in [1.82, 2.24) is 4.57 Å². The van der Waals surface area contributed by atoms with Crippen molar-refractivity contribution in [3.8, 4) is 39.1 Å². The highest BCUT2D eigenvalue weighted by Crippen LogP contribution is 2.63. The van der Waals surface area contributed by atoms with E-state index in [1.807, 2.05) is 11.3 Å². The number of fused-ring (bicyclic) bond motifs is 16. The molecule has 2 heteroatoms. The Hall–Kier alpha value is -6.22. The van der Waals surface area contributed by atoms with Gasteiger partial charge in [-0.15, -0.1) is 11.3 Å². The van der Waals surface area contributed by atoms with Gasteiger partial charge in [-0.25, -0.2) is 0 Å². The Bertz CT molecular complexity index is 3000. The maximum absolute atomic E-state index is 2.50. The zero-order valence-corrected chi connectivity index (χ0v) is 28.4. The highest BCUT2D eigenvalue weighted by molar-refractivity contribution is 7.25. The van der Waals surface area contributed by atoms with E-state index in [0.717, 1.165) is 0 Å². The van der Waals surface area contributed by atoms with Crippen molar-refractivity contribution in [2.45, 2.75) is 5.41 Å². The molecular weight excluding hydrogens is 635 g/mol. The average molecular weight is 664 g/mol. The molecule has 0 radical (unpaired) electrons. The van der Waals surface area contributed by atoms with Crippen LogP contribution in [-0.2, 0) is 5.41 Å². The van der Waals surface area contributed by atoms with Gasteiger partial charge in [-0.3, -0.25) is 0 Å². The van der Waals surface area contributed by atoms with E-state index < -0.39 is 5.41 Å². The van der Waals surface area contributed by atoms with Gasteiger partial charge >= 0.3 is 0 Å². The summed E-state index contributed by atoms with van der Waals surface area (Å²) in [5, 5.41) is 5.23. The summed E-state index contributed by atoms with van der Waals surface area (Å²) in [7, 11) is 0. The van der Waals surface area contributed by atoms with E-state index in [2.05, 4.69) is 180 Å². The second kappa shape index (κ2) is 9.94. The third-order valence-corrected chi connectivity index (χ3v) is 12.8. The summed E-state index contributed by atoms with van der Waals surface area (Å²) >= 11 is 1.88. The lowest BCUT2D eigenvalue weighted by atomic mass is 9.70. The zero-order valence-electron chi connectivity index (χ0n) is 27.6. The molecule has 0 bridgehead atoms. The largest absolute Gasteiger partial charge is 0.309 e. The molecule has 0 atom stereocenters. The van der Waals surface area contributed by atoms with Gasteiger partial charge in [0.1, 0.15) is 0 Å². The average Bonchev–Trinajstić information content (AvgIpc) is 3.91. The number of benzene rings is 8. The van der Waals surface area contributed by atoms with E-state index in [9.17, 15) is 0 Å². The van der Waals surface area contributed by atoms with Crippen LogP contribution in [-0.4, -0.2) is 4.57 Å². The van der Waals surface area contributed by atoms with Crippen molar-refractivity contribution < 1.29 is 0 Å². The first kappa shape index (κ1) is 27.6. The summed E-state index contributed by atoms with van der Waals surface area (Å²) < 4.78 is 5.13. The van der Waals surface area contributed by atoms with E-state index in [1.165, 1.54) is 103 Å². The molecule has 1 spiro atoms. The summed E-state index contributed by atoms with van der Waals surface area (Å²) in [6.45, 7) is 0. The molecule has 0 aliphatic heterocycles. The molecule has 0 fully saturated rings. The monoisotopic (exact) mass is 663 g/mol. The quantitative estimate of drug-likeness (QED) is 0.173. The standard InChI is InChI=1S/C49H29NS/c1-6-16-41-33(11-1)34-12-2-7-17-42(34)49(41)43-28-31(30-22-26-48-40(27-30)39-15-5-10-20-47(39)51-48)21-24-35(43)36-25-23-32(29-44(36)49)50-45-18-8-3-13-37(45)38-14-4-9-19-46(38)50/h1-29H. The number of thiophene rings is 1. The lowest BCUT2D eigenvalue weighted by Gasteiger charge is -2.31. The fourth-order valence-corrected chi connectivity index (χ4v) is 10.6. The van der Waals surface area contributed by atoms with Gasteiger partial charge in [0.25, 0.3) is 0 Å². The van der Waals surface area contributed by atoms with Gasteiger partial charge in [-0.2, -0.15) is 0 Å². The van der Waals surface area contributed by atoms with E-state index in [4.69, 9.17) is 0 Å². The summed E-state index contributed by atoms with van der Waals surface area (Å²) in [4.78, 5) is 0. The highest BCUT2D eigenvalue weighted by Gasteiger charge is 2.51. The summed E-state index contributed by atoms with van der Waals surface area (Å²) in [6.07, 6.45) is 0. The molecule has 0 N–H and O–H groups in total. The number of hydrogen-bond acceptors (Lipinski definition) is 1. The Kier molecular flexibility index (Phi) is 5.38. The molecule has 2 aliphatic carbocycles. The molecule has 2 aliphatic rings. The van der Waals surface area contributed by atoms with Crippen LogP contribution in [0.5, 0.6) is 0 Å². The second-order valence-electron chi connectivity index (χ2n) is 14.0. The van der Waals surface area contributed by atoms with Gasteiger partial charge in [0.05, 0.1) is 16.4 Å². The summed E-state index contributed by atoms with van der Waals surface area (Å²) in [6, 6.07) is 66.1. The number of aromatic nitrogens is 1. The highest BCUT2D eigenvalue weighted by atomic mass is 32.1. The zero-order chi connectivity index (χ0) is 33.3. The van der Waals surface area contributed by atoms with Crippen LogP contribution in [0.1, 0.15) is 22.3 Å². The maximum atomic E-state index is 2.50. The molecule has 8 aromatic carbocycles. The number of para-hydroxylation sites is 2. The first-order valence-electron chi connectivity index (χ1n) is 17.7. The molecule has 2 heterocycles. The van der Waals surface area contributed by atoms with Crippen molar-refractivity contribution in [2.75, 3.05) is 0 Å². The predicted molar refractivity (Wildman–Crippen MR) is 215 cm³/mol. The van der Waals surface area contributed by atoms with Crippen molar-refractivity contribution in [2.24, 2.45) is 0 Å². The second-order valence-corrected chi connectivity index (χ2v) is 15.1. The van der Waals surface area contributed by atoms with Crippen LogP contribution < -0.4 is 0 Å². The molecule has 2 aromatic heterocycles. The molecule has 0 saturated heterocycles. The molecule has 0 unspecified atom stereocenters. The first-order chi connectivity index (χ1) is 25.3. The fraction of sp³-hybridized carbons (Fsp3) is 0.0204. The molecule has 0 amide bonds. The van der Waals surface area contributed by atoms with Crippen LogP contribution in [0.3, 0.4) is 0 Å². The molecular formula is C49H29NS. The lowest BCUT2D eigenvalue weighted by molar-refractivity contribution is 0.793. The van der Waals surface area contributed by atoms with Crippen LogP contribution in [0, 0.1) is 0 Å². The van der Waals surface area contributed by atoms with Crippen LogP contribution >= 0.6 is 11.3 Å². The number of nitrogens with zero attached hydrogens (tertiary/aromatic N) is 1. The van der Waals surface area contributed by atoms with Gasteiger partial charge in [-0.05, 0) is 104 Å². The Morgan fingerprint density at radius 3 is 1.59 bits per heavy atom. The van der Waals surface area contributed by atoms with Gasteiger partial charge < -0.3 is 4.57 Å². The third kappa shape index (κ3) is 3.50. The normalized spacial score (nSPS) is 13.6. The van der Waals surface area contributed by atoms with Gasteiger partial charge in [0.15, 0.2) is 0 Å². The van der Waals surface area contributed by atoms with E-state index in [-0.39, 0.29) is 0 Å². The van der Waals surface area contributed by atoms with Crippen LogP contribution in [0.15, 0.2) is 176 Å². The SMILES string of the molecule is c1ccc2c(c1)-c1ccccc1C21c2cc(-c3ccc4sc5ccccc5c4c3)ccc2-c2ccc(-n3c4ccccc4c4ccccc43)cc21. The lowest BCUT2D eigenvalue weighted by Crippen LogP contribution is -2.26. The van der Waals surface area contributed by atoms with Crippen molar-refractivity contribution >= 4 is 53.3 Å². The molecule has 236 valence electrons. The number of hydrogen-bond donors (Lipinski definition) is 0. The minimum atomic E-state index is -0.443. The first-order valence-corrected chi connectivity index (χ1v) is 18.5. The van der Waals surface area contributed by atoms with Crippen LogP contribution in [0.25, 0.3) is 81.0 Å². The van der Waals surface area contributed by atoms with Crippen LogP contribution in [0.2, 0.25) is 0 Å². The minimum absolute atomic E-state index is 0.443. The molecule has 12 rings (SSSR count). The summed E-state index contributed by atoms with van der Waals surface area (Å²) in [5.41, 5.74) is 16.4. The Morgan fingerprint density at radius 2 is 0.863 bits per heavy atom. The Labute approximate surface area is 299 Å². The molecule has 51 heavy (non-hydrogen) atoms. The Morgan fingerprint density at radius 1 is 0.353 bits per heavy atom. The van der Waals surface area contributed by atoms with Crippen molar-refractivity contribution in [1.29, 1.82) is 0 Å². The Balaban J connectivity index is 1.15. The van der Waals surface area contributed by atoms with Gasteiger partial charge in [0.2, 0.25) is 0 Å². The fourth-order valence-electron chi connectivity index (χ4n) is 9.55. The van der Waals surface area contributed by atoms with E-state index in [1.54, 1.807) is 0 Å². The third-order valence-electron chi connectivity index (χ3n) is 11.6. The smallest absolute Gasteiger partial charge is 0.0726 e. The van der Waals surface area contributed by atoms with Gasteiger partial charge in [0, 0.05) is 36.6 Å². The minimum Gasteiger partial charge on any atom is -0.309 e. The molecule has 1 nitrogen and oxygen atoms in total. The summed E-state index contributed by atoms with van der Waals surface area (Å²) in [5.74, 6) is 0. The number of rotatable bonds is 2. The van der Waals surface area contributed by atoms with Crippen LogP contribution in [0.4, 0.5) is 0 Å². The van der Waals surface area contributed by atoms with Gasteiger partial charge in [-0.1, -0.05) is 127 Å². The molecule has 10 aromatic rings. The topological polar surface area (TPSA) is 4.93 Å².